The fourth-order valence-corrected chi connectivity index (χ4v) is 4.73. The average Bonchev–Trinajstić information content (AvgIpc) is 3.58. The van der Waals surface area contributed by atoms with Gasteiger partial charge in [-0.15, -0.1) is 16.4 Å². The number of aryl methyl sites for hydroxylation is 2. The lowest BCUT2D eigenvalue weighted by Gasteiger charge is -2.36. The number of anilines is 1. The van der Waals surface area contributed by atoms with Crippen molar-refractivity contribution < 1.29 is 9.18 Å². The van der Waals surface area contributed by atoms with Crippen LogP contribution in [0.3, 0.4) is 0 Å². The Balaban J connectivity index is 1.28. The Kier molecular flexibility index (Phi) is 5.62. The summed E-state index contributed by atoms with van der Waals surface area (Å²) in [5.74, 6) is -0.174. The molecular formula is C20H20FN11OS. The number of halogens is 1. The first-order valence-corrected chi connectivity index (χ1v) is 11.4. The van der Waals surface area contributed by atoms with Crippen LogP contribution in [-0.4, -0.2) is 78.0 Å². The van der Waals surface area contributed by atoms with Crippen molar-refractivity contribution in [2.75, 3.05) is 31.1 Å². The molecule has 0 N–H and O–H groups in total. The topological polar surface area (TPSA) is 132 Å². The maximum Gasteiger partial charge on any atom is 0.341 e. The smallest absolute Gasteiger partial charge is 0.337 e. The lowest BCUT2D eigenvalue weighted by molar-refractivity contribution is 0.139. The van der Waals surface area contributed by atoms with Crippen molar-refractivity contribution in [3.05, 3.63) is 39.7 Å². The fraction of sp³-hybridized carbons (Fsp3) is 0.400. The number of rotatable bonds is 3. The lowest BCUT2D eigenvalue weighted by atomic mass is 10.2. The molecule has 5 heterocycles. The van der Waals surface area contributed by atoms with E-state index in [9.17, 15) is 9.18 Å². The Hall–Kier alpha value is -3.99. The number of thiazole rings is 1. The molecule has 0 bridgehead atoms. The lowest BCUT2D eigenvalue weighted by Crippen LogP contribution is -2.52. The summed E-state index contributed by atoms with van der Waals surface area (Å²) < 4.78 is 15.6. The average molecular weight is 482 g/mol. The van der Waals surface area contributed by atoms with Gasteiger partial charge in [0.2, 0.25) is 5.95 Å². The predicted molar refractivity (Wildman–Crippen MR) is 120 cm³/mol. The van der Waals surface area contributed by atoms with E-state index in [1.807, 2.05) is 17.9 Å². The van der Waals surface area contributed by atoms with Gasteiger partial charge in [-0.2, -0.15) is 20.0 Å². The molecule has 34 heavy (non-hydrogen) atoms. The SMILES string of the molecule is Cc1cnc([C@@H]2CC=NN2C(=O)N2CCN(c3ncc(F)c(-n4nc(C#N)nc4C)n3)CC2)s1. The van der Waals surface area contributed by atoms with E-state index < -0.39 is 5.82 Å². The van der Waals surface area contributed by atoms with E-state index >= 15 is 0 Å². The molecule has 0 saturated carbocycles. The van der Waals surface area contributed by atoms with Crippen molar-refractivity contribution in [2.45, 2.75) is 26.3 Å². The van der Waals surface area contributed by atoms with E-state index in [0.29, 0.717) is 44.4 Å². The molecule has 1 saturated heterocycles. The molecule has 3 aromatic heterocycles. The highest BCUT2D eigenvalue weighted by molar-refractivity contribution is 7.11. The van der Waals surface area contributed by atoms with Crippen LogP contribution in [0.5, 0.6) is 0 Å². The molecule has 14 heteroatoms. The predicted octanol–water partition coefficient (Wildman–Crippen LogP) is 1.82. The zero-order valence-electron chi connectivity index (χ0n) is 18.5. The third-order valence-corrected chi connectivity index (χ3v) is 6.58. The van der Waals surface area contributed by atoms with Gasteiger partial charge in [0.1, 0.15) is 22.9 Å². The molecule has 0 aromatic carbocycles. The van der Waals surface area contributed by atoms with Gasteiger partial charge < -0.3 is 9.80 Å². The molecule has 2 aliphatic rings. The van der Waals surface area contributed by atoms with Crippen molar-refractivity contribution >= 4 is 29.5 Å². The van der Waals surface area contributed by atoms with Gasteiger partial charge in [0, 0.05) is 49.9 Å². The third-order valence-electron chi connectivity index (χ3n) is 5.57. The van der Waals surface area contributed by atoms with E-state index in [1.165, 1.54) is 9.69 Å². The molecule has 174 valence electrons. The number of nitriles is 1. The second-order valence-corrected chi connectivity index (χ2v) is 9.07. The number of aromatic nitrogens is 6. The fourth-order valence-electron chi connectivity index (χ4n) is 3.86. The Morgan fingerprint density at radius 3 is 2.65 bits per heavy atom. The molecular weight excluding hydrogens is 461 g/mol. The summed E-state index contributed by atoms with van der Waals surface area (Å²) in [6.45, 7) is 5.40. The summed E-state index contributed by atoms with van der Waals surface area (Å²) in [4.78, 5) is 34.7. The quantitative estimate of drug-likeness (QED) is 0.553. The summed E-state index contributed by atoms with van der Waals surface area (Å²) in [5.41, 5.74) is 0. The van der Waals surface area contributed by atoms with Crippen molar-refractivity contribution in [3.63, 3.8) is 0 Å². The number of hydrazone groups is 1. The molecule has 12 nitrogen and oxygen atoms in total. The Bertz CT molecular complexity index is 1300. The van der Waals surface area contributed by atoms with Crippen molar-refractivity contribution in [2.24, 2.45) is 5.10 Å². The van der Waals surface area contributed by atoms with E-state index in [-0.39, 0.29) is 23.7 Å². The summed E-state index contributed by atoms with van der Waals surface area (Å²) in [7, 11) is 0. The minimum absolute atomic E-state index is 0.0695. The minimum atomic E-state index is -0.676. The molecule has 0 spiro atoms. The number of carbonyl (C=O) groups excluding carboxylic acids is 1. The van der Waals surface area contributed by atoms with Gasteiger partial charge in [-0.05, 0) is 13.8 Å². The number of amides is 2. The summed E-state index contributed by atoms with van der Waals surface area (Å²) in [6, 6.07) is 1.48. The van der Waals surface area contributed by atoms with Gasteiger partial charge in [-0.3, -0.25) is 0 Å². The van der Waals surface area contributed by atoms with Gasteiger partial charge in [-0.1, -0.05) is 0 Å². The third kappa shape index (κ3) is 3.94. The first-order valence-electron chi connectivity index (χ1n) is 10.6. The van der Waals surface area contributed by atoms with Gasteiger partial charge in [0.25, 0.3) is 5.82 Å². The highest BCUT2D eigenvalue weighted by Crippen LogP contribution is 2.32. The van der Waals surface area contributed by atoms with Crippen molar-refractivity contribution in [1.29, 1.82) is 5.26 Å². The van der Waals surface area contributed by atoms with Gasteiger partial charge in [-0.25, -0.2) is 29.1 Å². The number of carbonyl (C=O) groups is 1. The standard InChI is InChI=1S/C20H20FN11OS/c1-12-10-23-18(34-12)15-3-4-25-32(15)20(33)30-7-5-29(6-8-30)19-24-11-14(21)17(27-19)31-13(2)26-16(9-22)28-31/h4,10-11,15H,3,5-8H2,1-2H3/t15-/m0/s1. The first kappa shape index (κ1) is 21.8. The van der Waals surface area contributed by atoms with Crippen LogP contribution in [-0.2, 0) is 0 Å². The Morgan fingerprint density at radius 1 is 1.18 bits per heavy atom. The van der Waals surface area contributed by atoms with Crippen LogP contribution in [0, 0.1) is 31.0 Å². The van der Waals surface area contributed by atoms with Crippen LogP contribution in [0.25, 0.3) is 5.82 Å². The van der Waals surface area contributed by atoms with Gasteiger partial charge >= 0.3 is 6.03 Å². The summed E-state index contributed by atoms with van der Waals surface area (Å²) in [5, 5.41) is 19.7. The molecule has 0 radical (unpaired) electrons. The van der Waals surface area contributed by atoms with Crippen LogP contribution in [0.1, 0.15) is 34.0 Å². The summed E-state index contributed by atoms with van der Waals surface area (Å²) >= 11 is 1.57. The molecule has 2 amide bonds. The maximum absolute atomic E-state index is 14.4. The zero-order chi connectivity index (χ0) is 23.8. The minimum Gasteiger partial charge on any atom is -0.337 e. The van der Waals surface area contributed by atoms with E-state index in [0.717, 1.165) is 16.1 Å². The van der Waals surface area contributed by atoms with E-state index in [4.69, 9.17) is 5.26 Å². The molecule has 5 rings (SSSR count). The van der Waals surface area contributed by atoms with E-state index in [1.54, 1.807) is 35.6 Å². The number of piperazine rings is 1. The van der Waals surface area contributed by atoms with E-state index in [2.05, 4.69) is 30.1 Å². The Labute approximate surface area is 198 Å². The maximum atomic E-state index is 14.4. The summed E-state index contributed by atoms with van der Waals surface area (Å²) in [6.07, 6.45) is 5.26. The van der Waals surface area contributed by atoms with Gasteiger partial charge in [0.05, 0.1) is 6.20 Å². The number of nitrogens with zero attached hydrogens (tertiary/aromatic N) is 11. The Morgan fingerprint density at radius 2 is 1.97 bits per heavy atom. The first-order chi connectivity index (χ1) is 16.4. The van der Waals surface area contributed by atoms with Gasteiger partial charge in [0.15, 0.2) is 11.6 Å². The second-order valence-electron chi connectivity index (χ2n) is 7.81. The highest BCUT2D eigenvalue weighted by Gasteiger charge is 2.35. The normalized spacial score (nSPS) is 17.9. The molecule has 0 aliphatic carbocycles. The number of hydrogen-bond donors (Lipinski definition) is 0. The second kappa shape index (κ2) is 8.75. The van der Waals surface area contributed by atoms with Crippen LogP contribution in [0.2, 0.25) is 0 Å². The monoisotopic (exact) mass is 481 g/mol. The highest BCUT2D eigenvalue weighted by atomic mass is 32.1. The molecule has 1 atom stereocenters. The largest absolute Gasteiger partial charge is 0.341 e. The molecule has 2 aliphatic heterocycles. The van der Waals surface area contributed by atoms with Crippen molar-refractivity contribution in [3.8, 4) is 11.9 Å². The number of hydrogen-bond acceptors (Lipinski definition) is 10. The molecule has 3 aromatic rings. The van der Waals surface area contributed by atoms with Crippen LogP contribution < -0.4 is 4.90 Å². The van der Waals surface area contributed by atoms with Crippen LogP contribution >= 0.6 is 11.3 Å². The number of urea groups is 1. The van der Waals surface area contributed by atoms with Crippen molar-refractivity contribution in [1.82, 2.24) is 39.6 Å². The molecule has 1 fully saturated rings. The van der Waals surface area contributed by atoms with Crippen LogP contribution in [0.15, 0.2) is 17.5 Å². The van der Waals surface area contributed by atoms with Crippen LogP contribution in [0.4, 0.5) is 15.1 Å². The zero-order valence-corrected chi connectivity index (χ0v) is 19.3. The molecule has 0 unspecified atom stereocenters.